The van der Waals surface area contributed by atoms with Gasteiger partial charge in [0.1, 0.15) is 5.39 Å². The van der Waals surface area contributed by atoms with Crippen molar-refractivity contribution in [2.45, 2.75) is 13.8 Å². The van der Waals surface area contributed by atoms with Crippen molar-refractivity contribution in [2.24, 2.45) is 0 Å². The van der Waals surface area contributed by atoms with Crippen LogP contribution in [0.1, 0.15) is 11.5 Å². The molecule has 0 saturated carbocycles. The second-order valence-corrected chi connectivity index (χ2v) is 4.83. The Kier molecular flexibility index (Phi) is 1.80. The molecule has 0 aliphatic carbocycles. The van der Waals surface area contributed by atoms with Crippen LogP contribution in [0, 0.1) is 13.8 Å². The van der Waals surface area contributed by atoms with E-state index in [-0.39, 0.29) is 0 Å². The van der Waals surface area contributed by atoms with Crippen molar-refractivity contribution >= 4 is 31.5 Å². The van der Waals surface area contributed by atoms with Gasteiger partial charge in [0.15, 0.2) is 0 Å². The Labute approximate surface area is 92.0 Å². The van der Waals surface area contributed by atoms with Crippen LogP contribution in [0.5, 0.6) is 0 Å². The lowest BCUT2D eigenvalue weighted by atomic mass is 10.1. The van der Waals surface area contributed by atoms with E-state index < -0.39 is 0 Å². The van der Waals surface area contributed by atoms with E-state index in [1.165, 1.54) is 20.2 Å². The summed E-state index contributed by atoms with van der Waals surface area (Å²) in [5.41, 5.74) is 0. The standard InChI is InChI=1S/C13H11OS/c1-8-7-12-13(9(2)14-8)10-5-3-4-6-11(10)15-12/h3-7H,1-2H3/q+1. The molecular formula is C13H11OS+. The van der Waals surface area contributed by atoms with Crippen molar-refractivity contribution in [1.29, 1.82) is 0 Å². The zero-order chi connectivity index (χ0) is 10.4. The number of hydrogen-bond donors (Lipinski definition) is 0. The van der Waals surface area contributed by atoms with Crippen LogP contribution in [0.15, 0.2) is 34.7 Å². The van der Waals surface area contributed by atoms with E-state index in [0.717, 1.165) is 11.5 Å². The molecule has 15 heavy (non-hydrogen) atoms. The van der Waals surface area contributed by atoms with Crippen molar-refractivity contribution < 1.29 is 4.42 Å². The van der Waals surface area contributed by atoms with E-state index in [4.69, 9.17) is 4.42 Å². The number of aryl methyl sites for hydroxylation is 2. The van der Waals surface area contributed by atoms with Gasteiger partial charge in [-0.15, -0.1) is 11.3 Å². The maximum atomic E-state index is 5.66. The summed E-state index contributed by atoms with van der Waals surface area (Å²) in [4.78, 5) is 0. The summed E-state index contributed by atoms with van der Waals surface area (Å²) >= 11 is 1.83. The highest BCUT2D eigenvalue weighted by Gasteiger charge is 2.16. The Bertz CT molecular complexity index is 652. The molecule has 0 unspecified atom stereocenters. The van der Waals surface area contributed by atoms with Crippen LogP contribution in [0.4, 0.5) is 0 Å². The minimum atomic E-state index is 0.978. The van der Waals surface area contributed by atoms with Crippen molar-refractivity contribution in [3.63, 3.8) is 0 Å². The van der Waals surface area contributed by atoms with Gasteiger partial charge in [-0.05, 0) is 6.07 Å². The lowest BCUT2D eigenvalue weighted by molar-refractivity contribution is 0.494. The number of fused-ring (bicyclic) bond motifs is 3. The van der Waals surface area contributed by atoms with Crippen LogP contribution in [-0.2, 0) is 0 Å². The SMILES string of the molecule is Cc1cc2sc3ccccc3c2c(C)[o+]1. The van der Waals surface area contributed by atoms with Gasteiger partial charge < -0.3 is 0 Å². The van der Waals surface area contributed by atoms with Gasteiger partial charge >= 0.3 is 11.5 Å². The molecule has 74 valence electrons. The first kappa shape index (κ1) is 8.86. The molecule has 3 aromatic rings. The summed E-state index contributed by atoms with van der Waals surface area (Å²) in [6.07, 6.45) is 0. The lowest BCUT2D eigenvalue weighted by Gasteiger charge is -1.88. The Morgan fingerprint density at radius 2 is 1.87 bits per heavy atom. The Morgan fingerprint density at radius 3 is 2.73 bits per heavy atom. The van der Waals surface area contributed by atoms with Gasteiger partial charge in [-0.2, -0.15) is 0 Å². The third kappa shape index (κ3) is 1.25. The largest absolute Gasteiger partial charge is 0.335 e. The van der Waals surface area contributed by atoms with Crippen LogP contribution in [-0.4, -0.2) is 0 Å². The Hall–Kier alpha value is -1.41. The first-order valence-electron chi connectivity index (χ1n) is 4.97. The molecule has 0 spiro atoms. The van der Waals surface area contributed by atoms with Gasteiger partial charge in [0.05, 0.1) is 24.6 Å². The smallest absolute Gasteiger partial charge is 0.218 e. The fourth-order valence-electron chi connectivity index (χ4n) is 2.04. The summed E-state index contributed by atoms with van der Waals surface area (Å²) in [6, 6.07) is 10.6. The van der Waals surface area contributed by atoms with Crippen LogP contribution >= 0.6 is 11.3 Å². The number of thiophene rings is 1. The molecule has 1 aromatic carbocycles. The summed E-state index contributed by atoms with van der Waals surface area (Å²) in [7, 11) is 0. The van der Waals surface area contributed by atoms with E-state index in [9.17, 15) is 0 Å². The Balaban J connectivity index is 2.61. The molecule has 2 aromatic heterocycles. The van der Waals surface area contributed by atoms with Crippen molar-refractivity contribution in [2.75, 3.05) is 0 Å². The van der Waals surface area contributed by atoms with E-state index >= 15 is 0 Å². The van der Waals surface area contributed by atoms with E-state index in [0.29, 0.717) is 0 Å². The molecule has 0 aliphatic rings. The van der Waals surface area contributed by atoms with E-state index in [1.807, 2.05) is 25.2 Å². The molecular weight excluding hydrogens is 204 g/mol. The molecule has 0 aliphatic heterocycles. The molecule has 0 N–H and O–H groups in total. The lowest BCUT2D eigenvalue weighted by Crippen LogP contribution is -1.77. The third-order valence-electron chi connectivity index (χ3n) is 2.62. The Morgan fingerprint density at radius 1 is 1.07 bits per heavy atom. The molecule has 0 radical (unpaired) electrons. The van der Waals surface area contributed by atoms with Gasteiger partial charge in [0.2, 0.25) is 0 Å². The molecule has 0 amide bonds. The van der Waals surface area contributed by atoms with Gasteiger partial charge in [0.25, 0.3) is 0 Å². The van der Waals surface area contributed by atoms with Crippen LogP contribution in [0.25, 0.3) is 20.2 Å². The van der Waals surface area contributed by atoms with Crippen molar-refractivity contribution in [1.82, 2.24) is 0 Å². The molecule has 1 nitrogen and oxygen atoms in total. The van der Waals surface area contributed by atoms with Crippen molar-refractivity contribution in [3.8, 4) is 0 Å². The highest BCUT2D eigenvalue weighted by molar-refractivity contribution is 7.25. The topological polar surface area (TPSA) is 11.3 Å². The minimum absolute atomic E-state index is 0.978. The molecule has 0 saturated heterocycles. The second kappa shape index (κ2) is 3.04. The van der Waals surface area contributed by atoms with E-state index in [2.05, 4.69) is 30.3 Å². The predicted molar refractivity (Wildman–Crippen MR) is 65.5 cm³/mol. The maximum Gasteiger partial charge on any atom is 0.335 e. The molecule has 0 fully saturated rings. The normalized spacial score (nSPS) is 11.3. The van der Waals surface area contributed by atoms with Crippen molar-refractivity contribution in [3.05, 3.63) is 41.9 Å². The summed E-state index contributed by atoms with van der Waals surface area (Å²) in [5, 5.41) is 2.57. The zero-order valence-corrected chi connectivity index (χ0v) is 9.52. The predicted octanol–water partition coefficient (Wildman–Crippen LogP) is 4.55. The van der Waals surface area contributed by atoms with Gasteiger partial charge in [-0.1, -0.05) is 18.2 Å². The average Bonchev–Trinajstić information content (AvgIpc) is 2.54. The first-order chi connectivity index (χ1) is 7.25. The van der Waals surface area contributed by atoms with Gasteiger partial charge in [0, 0.05) is 10.1 Å². The molecule has 3 rings (SSSR count). The fourth-order valence-corrected chi connectivity index (χ4v) is 3.28. The van der Waals surface area contributed by atoms with Gasteiger partial charge in [-0.3, -0.25) is 0 Å². The summed E-state index contributed by atoms with van der Waals surface area (Å²) < 4.78 is 8.31. The van der Waals surface area contributed by atoms with Gasteiger partial charge in [-0.25, -0.2) is 4.42 Å². The monoisotopic (exact) mass is 215 g/mol. The second-order valence-electron chi connectivity index (χ2n) is 3.75. The zero-order valence-electron chi connectivity index (χ0n) is 8.70. The number of rotatable bonds is 0. The minimum Gasteiger partial charge on any atom is -0.218 e. The highest BCUT2D eigenvalue weighted by atomic mass is 32.1. The molecule has 0 bridgehead atoms. The number of benzene rings is 1. The fraction of sp³-hybridized carbons (Fsp3) is 0.154. The third-order valence-corrected chi connectivity index (χ3v) is 3.74. The van der Waals surface area contributed by atoms with E-state index in [1.54, 1.807) is 0 Å². The summed E-state index contributed by atoms with van der Waals surface area (Å²) in [6.45, 7) is 4.03. The highest BCUT2D eigenvalue weighted by Crippen LogP contribution is 2.36. The van der Waals surface area contributed by atoms with Crippen LogP contribution in [0.2, 0.25) is 0 Å². The number of hydrogen-bond acceptors (Lipinski definition) is 1. The average molecular weight is 215 g/mol. The van der Waals surface area contributed by atoms with Crippen LogP contribution in [0.3, 0.4) is 0 Å². The summed E-state index contributed by atoms with van der Waals surface area (Å²) in [5.74, 6) is 1.99. The maximum absolute atomic E-state index is 5.66. The first-order valence-corrected chi connectivity index (χ1v) is 5.79. The molecule has 2 heterocycles. The molecule has 0 atom stereocenters. The molecule has 2 heteroatoms. The van der Waals surface area contributed by atoms with Crippen LogP contribution < -0.4 is 0 Å². The quantitative estimate of drug-likeness (QED) is 0.501.